The van der Waals surface area contributed by atoms with E-state index in [0.717, 1.165) is 46.7 Å². The predicted molar refractivity (Wildman–Crippen MR) is 293 cm³/mol. The van der Waals surface area contributed by atoms with E-state index in [2.05, 4.69) is 207 Å². The van der Waals surface area contributed by atoms with E-state index < -0.39 is 0 Å². The highest BCUT2D eigenvalue weighted by Crippen LogP contribution is 2.65. The van der Waals surface area contributed by atoms with Gasteiger partial charge in [0.05, 0.1) is 0 Å². The zero-order chi connectivity index (χ0) is 46.5. The van der Waals surface area contributed by atoms with Crippen LogP contribution in [0.3, 0.4) is 0 Å². The Hall–Kier alpha value is -6.44. The first-order valence-corrected chi connectivity index (χ1v) is 27.1. The number of anilines is 3. The minimum atomic E-state index is 0.0863. The lowest BCUT2D eigenvalue weighted by molar-refractivity contribution is 0.0426. The van der Waals surface area contributed by atoms with Gasteiger partial charge in [0.25, 0.3) is 0 Å². The molecule has 0 aliphatic heterocycles. The predicted octanol–water partition coefficient (Wildman–Crippen LogP) is 18.8. The Kier molecular flexibility index (Phi) is 10.2. The summed E-state index contributed by atoms with van der Waals surface area (Å²) in [5.41, 5.74) is 23.4. The van der Waals surface area contributed by atoms with Crippen LogP contribution in [0.1, 0.15) is 106 Å². The molecule has 0 radical (unpaired) electrons. The molecule has 8 aromatic rings. The molecule has 1 heteroatoms. The van der Waals surface area contributed by atoms with Gasteiger partial charge in [0.2, 0.25) is 0 Å². The normalized spacial score (nSPS) is 26.8. The van der Waals surface area contributed by atoms with Gasteiger partial charge in [0, 0.05) is 28.4 Å². The Morgan fingerprint density at radius 2 is 0.914 bits per heavy atom. The molecule has 4 bridgehead atoms. The molecule has 0 heterocycles. The summed E-state index contributed by atoms with van der Waals surface area (Å²) < 4.78 is 0. The maximum Gasteiger partial charge on any atom is 0.0462 e. The molecule has 14 rings (SSSR count). The van der Waals surface area contributed by atoms with E-state index in [1.165, 1.54) is 120 Å². The molecule has 0 amide bonds. The van der Waals surface area contributed by atoms with Gasteiger partial charge >= 0.3 is 0 Å². The first kappa shape index (κ1) is 42.4. The Morgan fingerprint density at radius 1 is 0.386 bits per heavy atom. The minimum Gasteiger partial charge on any atom is -0.311 e. The molecule has 6 aliphatic rings. The van der Waals surface area contributed by atoms with E-state index in [1.54, 1.807) is 22.3 Å². The van der Waals surface area contributed by atoms with Gasteiger partial charge in [-0.05, 0) is 213 Å². The minimum absolute atomic E-state index is 0.0863. The van der Waals surface area contributed by atoms with Crippen LogP contribution < -0.4 is 4.90 Å². The topological polar surface area (TPSA) is 3.24 Å². The third-order valence-corrected chi connectivity index (χ3v) is 19.0. The monoisotopic (exact) mass is 908 g/mol. The van der Waals surface area contributed by atoms with Gasteiger partial charge in [-0.3, -0.25) is 0 Å². The zero-order valence-electron chi connectivity index (χ0n) is 41.0. The quantitative estimate of drug-likeness (QED) is 0.154. The zero-order valence-corrected chi connectivity index (χ0v) is 41.0. The molecule has 0 aromatic heterocycles. The van der Waals surface area contributed by atoms with Crippen LogP contribution in [0.15, 0.2) is 188 Å². The van der Waals surface area contributed by atoms with E-state index in [4.69, 9.17) is 0 Å². The van der Waals surface area contributed by atoms with Crippen molar-refractivity contribution < 1.29 is 0 Å². The molecule has 0 N–H and O–H groups in total. The van der Waals surface area contributed by atoms with Crippen molar-refractivity contribution in [2.75, 3.05) is 4.90 Å². The summed E-state index contributed by atoms with van der Waals surface area (Å²) in [6.07, 6.45) is 14.0. The van der Waals surface area contributed by atoms with Crippen molar-refractivity contribution in [2.24, 2.45) is 41.4 Å². The van der Waals surface area contributed by atoms with Crippen LogP contribution >= 0.6 is 0 Å². The lowest BCUT2D eigenvalue weighted by Gasteiger charge is -2.54. The van der Waals surface area contributed by atoms with Gasteiger partial charge in [-0.1, -0.05) is 173 Å². The molecule has 0 saturated heterocycles. The van der Waals surface area contributed by atoms with Crippen molar-refractivity contribution in [1.82, 2.24) is 0 Å². The summed E-state index contributed by atoms with van der Waals surface area (Å²) in [5, 5.41) is 0. The Labute approximate surface area is 416 Å². The summed E-state index contributed by atoms with van der Waals surface area (Å²) in [5.74, 6) is 6.04. The first-order valence-electron chi connectivity index (χ1n) is 27.1. The molecule has 3 unspecified atom stereocenters. The van der Waals surface area contributed by atoms with E-state index in [9.17, 15) is 0 Å². The highest BCUT2D eigenvalue weighted by molar-refractivity contribution is 5.87. The molecule has 4 fully saturated rings. The highest BCUT2D eigenvalue weighted by atomic mass is 15.1. The summed E-state index contributed by atoms with van der Waals surface area (Å²) >= 11 is 0. The maximum absolute atomic E-state index is 2.61. The molecule has 8 aromatic carbocycles. The fourth-order valence-corrected chi connectivity index (χ4v) is 16.4. The number of fused-ring (bicyclic) bond motifs is 13. The summed E-state index contributed by atoms with van der Waals surface area (Å²) in [6.45, 7) is 5.10. The van der Waals surface area contributed by atoms with Gasteiger partial charge < -0.3 is 4.90 Å². The van der Waals surface area contributed by atoms with Gasteiger partial charge in [-0.2, -0.15) is 0 Å². The second-order valence-corrected chi connectivity index (χ2v) is 23.0. The highest BCUT2D eigenvalue weighted by Gasteiger charge is 2.56. The molecular formula is C69H65N. The van der Waals surface area contributed by atoms with E-state index in [0.29, 0.717) is 17.8 Å². The average Bonchev–Trinajstić information content (AvgIpc) is 3.89. The fourth-order valence-electron chi connectivity index (χ4n) is 16.4. The van der Waals surface area contributed by atoms with Crippen molar-refractivity contribution in [1.29, 1.82) is 0 Å². The van der Waals surface area contributed by atoms with Crippen LogP contribution in [-0.2, 0) is 5.41 Å². The van der Waals surface area contributed by atoms with Crippen molar-refractivity contribution in [3.63, 3.8) is 0 Å². The van der Waals surface area contributed by atoms with Gasteiger partial charge in [-0.15, -0.1) is 0 Å². The summed E-state index contributed by atoms with van der Waals surface area (Å²) in [6, 6.07) is 72.3. The van der Waals surface area contributed by atoms with Crippen molar-refractivity contribution in [2.45, 2.75) is 89.4 Å². The van der Waals surface area contributed by atoms with Gasteiger partial charge in [-0.25, -0.2) is 0 Å². The van der Waals surface area contributed by atoms with Gasteiger partial charge in [0.15, 0.2) is 0 Å². The molecule has 1 nitrogen and oxygen atoms in total. The van der Waals surface area contributed by atoms with Crippen LogP contribution in [0.2, 0.25) is 0 Å². The second-order valence-electron chi connectivity index (χ2n) is 23.0. The van der Waals surface area contributed by atoms with Crippen molar-refractivity contribution in [3.8, 4) is 55.6 Å². The summed E-state index contributed by atoms with van der Waals surface area (Å²) in [7, 11) is 0. The van der Waals surface area contributed by atoms with E-state index in [1.807, 2.05) is 0 Å². The van der Waals surface area contributed by atoms with E-state index >= 15 is 0 Å². The summed E-state index contributed by atoms with van der Waals surface area (Å²) in [4.78, 5) is 2.44. The number of benzene rings is 8. The molecule has 4 saturated carbocycles. The SMILES string of the molecule is C[C@@H]1CC2C[C@@H](C1)[C@]1(c3ccccc3-c3ccc(-c4ccc(N(c5ccc(-c6ccccc6)cc5)c5ccc(-c6ccc7c(c6)[C@@H](C6CC8CCC[C@@H](C8)C6)c6ccccc6-7)cc5)cc4)cc31)[C@@H](C)C2. The fraction of sp³-hybridized carbons (Fsp3) is 0.304. The molecule has 1 spiro atoms. The second kappa shape index (κ2) is 16.9. The molecule has 70 heavy (non-hydrogen) atoms. The molecule has 9 atom stereocenters. The third-order valence-electron chi connectivity index (χ3n) is 19.0. The lowest BCUT2D eigenvalue weighted by atomic mass is 9.49. The smallest absolute Gasteiger partial charge is 0.0462 e. The Balaban J connectivity index is 0.811. The van der Waals surface area contributed by atoms with Crippen LogP contribution in [-0.4, -0.2) is 0 Å². The van der Waals surface area contributed by atoms with Gasteiger partial charge in [0.1, 0.15) is 0 Å². The van der Waals surface area contributed by atoms with Crippen LogP contribution in [0.4, 0.5) is 17.1 Å². The molecular weight excluding hydrogens is 843 g/mol. The third kappa shape index (κ3) is 6.85. The Morgan fingerprint density at radius 3 is 1.60 bits per heavy atom. The molecule has 346 valence electrons. The number of hydrogen-bond acceptors (Lipinski definition) is 1. The van der Waals surface area contributed by atoms with E-state index in [-0.39, 0.29) is 5.41 Å². The lowest BCUT2D eigenvalue weighted by Crippen LogP contribution is -2.49. The maximum atomic E-state index is 2.61. The molecule has 6 aliphatic carbocycles. The number of hydrogen-bond donors (Lipinski definition) is 0. The van der Waals surface area contributed by atoms with Crippen LogP contribution in [0, 0.1) is 41.4 Å². The van der Waals surface area contributed by atoms with Crippen molar-refractivity contribution >= 4 is 17.1 Å². The first-order chi connectivity index (χ1) is 34.5. The Bertz CT molecular complexity index is 3220. The number of rotatable bonds is 7. The van der Waals surface area contributed by atoms with Crippen molar-refractivity contribution in [3.05, 3.63) is 210 Å². The average molecular weight is 908 g/mol. The van der Waals surface area contributed by atoms with Crippen LogP contribution in [0.5, 0.6) is 0 Å². The van der Waals surface area contributed by atoms with Crippen LogP contribution in [0.25, 0.3) is 55.6 Å². The largest absolute Gasteiger partial charge is 0.311 e. The standard InChI is InChI=1S/C69H65N/c1-44-35-48-37-45(2)69(56(36-44)41-48)66-18-9-8-16-62(66)63-34-26-54(43-67(63)69)52-23-31-59(32-24-52)70(57-27-19-50(20-28-57)49-13-4-3-5-14-49)58-29-21-51(22-30-58)53-25-33-61-60-15-6-7-17-64(60)68(65(61)42-53)55-39-46-11-10-12-47(38-46)40-55/h3-9,13-34,42-48,55-56,68H,10-12,35-41H2,1-2H3/t44-,45+,46+,47?,48?,55?,56-,68+,69+/m1/s1. The number of nitrogens with zero attached hydrogens (tertiary/aromatic N) is 1.